The van der Waals surface area contributed by atoms with E-state index in [1.165, 1.54) is 56.8 Å². The van der Waals surface area contributed by atoms with Gasteiger partial charge < -0.3 is 13.7 Å². The first-order valence-electron chi connectivity index (χ1n) is 7.00. The van der Waals surface area contributed by atoms with Crippen molar-refractivity contribution in [2.75, 3.05) is 14.2 Å². The Bertz CT molecular complexity index is 845. The Labute approximate surface area is 145 Å². The number of ether oxygens (including phenoxy) is 2. The van der Waals surface area contributed by atoms with Gasteiger partial charge in [0.15, 0.2) is 0 Å². The lowest BCUT2D eigenvalue weighted by atomic mass is 10.2. The molecule has 0 aliphatic heterocycles. The molecule has 0 heterocycles. The zero-order valence-corrected chi connectivity index (χ0v) is 14.3. The van der Waals surface area contributed by atoms with Crippen LogP contribution in [-0.2, 0) is 14.9 Å². The van der Waals surface area contributed by atoms with Gasteiger partial charge in [-0.3, -0.25) is 0 Å². The molecule has 0 atom stereocenters. The van der Waals surface area contributed by atoms with Gasteiger partial charge in [-0.2, -0.15) is 13.5 Å². The number of benzene rings is 2. The summed E-state index contributed by atoms with van der Waals surface area (Å²) in [6.07, 6.45) is 0.681. The number of carbonyl (C=O) groups excluding carboxylic acids is 1. The average Bonchev–Trinajstić information content (AvgIpc) is 2.62. The fraction of sp³-hybridized carbons (Fsp3) is 0.125. The fourth-order valence-corrected chi connectivity index (χ4v) is 2.66. The summed E-state index contributed by atoms with van der Waals surface area (Å²) in [6.45, 7) is 0. The zero-order valence-electron chi connectivity index (χ0n) is 13.5. The average molecular weight is 364 g/mol. The molecule has 0 saturated carbocycles. The summed E-state index contributed by atoms with van der Waals surface area (Å²) in [6, 6.07) is 12.0. The first-order valence-corrected chi connectivity index (χ1v) is 8.41. The minimum atomic E-state index is -3.95. The van der Waals surface area contributed by atoms with E-state index in [0.29, 0.717) is 11.3 Å². The topological polar surface area (TPSA) is 103 Å². The monoisotopic (exact) mass is 364 g/mol. The highest BCUT2D eigenvalue weighted by Gasteiger charge is 2.16. The van der Waals surface area contributed by atoms with E-state index in [4.69, 9.17) is 8.92 Å². The van der Waals surface area contributed by atoms with Crippen LogP contribution in [0.3, 0.4) is 0 Å². The Balaban J connectivity index is 2.05. The van der Waals surface area contributed by atoms with Crippen molar-refractivity contribution in [3.05, 3.63) is 54.1 Å². The standard InChI is InChI=1S/C16H16N2O6S/c1-22-13-7-9-15(10-8-13)25(20,21)24-14-5-3-12(4-6-14)11-17-18-16(19)23-2/h3-11H,1-2H3,(H,18,19). The maximum atomic E-state index is 12.2. The van der Waals surface area contributed by atoms with E-state index in [9.17, 15) is 13.2 Å². The van der Waals surface area contributed by atoms with Crippen LogP contribution in [0.15, 0.2) is 58.5 Å². The lowest BCUT2D eigenvalue weighted by Crippen LogP contribution is -2.16. The first-order chi connectivity index (χ1) is 11.9. The summed E-state index contributed by atoms with van der Waals surface area (Å²) in [5, 5.41) is 3.66. The smallest absolute Gasteiger partial charge is 0.427 e. The molecule has 0 saturated heterocycles. The number of nitrogens with one attached hydrogen (secondary N) is 1. The molecule has 2 aromatic rings. The molecular weight excluding hydrogens is 348 g/mol. The number of rotatable bonds is 6. The SMILES string of the molecule is COC(=O)NN=Cc1ccc(OS(=O)(=O)c2ccc(OC)cc2)cc1. The molecule has 0 aliphatic rings. The van der Waals surface area contributed by atoms with E-state index < -0.39 is 16.2 Å². The highest BCUT2D eigenvalue weighted by atomic mass is 32.2. The Hall–Kier alpha value is -3.07. The van der Waals surface area contributed by atoms with E-state index in [0.717, 1.165) is 0 Å². The van der Waals surface area contributed by atoms with Crippen LogP contribution in [0.25, 0.3) is 0 Å². The molecule has 2 rings (SSSR count). The molecule has 25 heavy (non-hydrogen) atoms. The molecule has 9 heteroatoms. The van der Waals surface area contributed by atoms with Crippen molar-refractivity contribution in [3.8, 4) is 11.5 Å². The maximum Gasteiger partial charge on any atom is 0.427 e. The normalized spacial score (nSPS) is 11.1. The van der Waals surface area contributed by atoms with Gasteiger partial charge in [0.05, 0.1) is 20.4 Å². The van der Waals surface area contributed by atoms with Crippen molar-refractivity contribution in [2.45, 2.75) is 4.90 Å². The number of hydrazone groups is 1. The Morgan fingerprint density at radius 3 is 2.16 bits per heavy atom. The van der Waals surface area contributed by atoms with Crippen LogP contribution in [0.2, 0.25) is 0 Å². The van der Waals surface area contributed by atoms with Crippen LogP contribution in [0.4, 0.5) is 4.79 Å². The van der Waals surface area contributed by atoms with Gasteiger partial charge in [0.1, 0.15) is 16.4 Å². The zero-order chi connectivity index (χ0) is 18.3. The quantitative estimate of drug-likeness (QED) is 0.479. The molecule has 0 aromatic heterocycles. The second-order valence-electron chi connectivity index (χ2n) is 4.64. The predicted molar refractivity (Wildman–Crippen MR) is 90.4 cm³/mol. The summed E-state index contributed by atoms with van der Waals surface area (Å²) in [5.41, 5.74) is 2.77. The van der Waals surface area contributed by atoms with Gasteiger partial charge in [-0.25, -0.2) is 10.2 Å². The van der Waals surface area contributed by atoms with Gasteiger partial charge in [0.2, 0.25) is 0 Å². The van der Waals surface area contributed by atoms with E-state index in [-0.39, 0.29) is 10.6 Å². The van der Waals surface area contributed by atoms with Crippen molar-refractivity contribution < 1.29 is 26.9 Å². The third-order valence-corrected chi connectivity index (χ3v) is 4.25. The molecule has 0 unspecified atom stereocenters. The van der Waals surface area contributed by atoms with E-state index >= 15 is 0 Å². The molecule has 0 fully saturated rings. The Morgan fingerprint density at radius 1 is 1.00 bits per heavy atom. The Morgan fingerprint density at radius 2 is 1.60 bits per heavy atom. The number of nitrogens with zero attached hydrogens (tertiary/aromatic N) is 1. The summed E-state index contributed by atoms with van der Waals surface area (Å²) in [4.78, 5) is 10.9. The molecule has 8 nitrogen and oxygen atoms in total. The number of hydrogen-bond acceptors (Lipinski definition) is 7. The summed E-state index contributed by atoms with van der Waals surface area (Å²) >= 11 is 0. The van der Waals surface area contributed by atoms with Crippen molar-refractivity contribution in [1.29, 1.82) is 0 Å². The van der Waals surface area contributed by atoms with Gasteiger partial charge in [-0.05, 0) is 54.1 Å². The molecule has 0 radical (unpaired) electrons. The van der Waals surface area contributed by atoms with Crippen molar-refractivity contribution in [1.82, 2.24) is 5.43 Å². The molecule has 0 aliphatic carbocycles. The molecular formula is C16H16N2O6S. The van der Waals surface area contributed by atoms with Gasteiger partial charge in [-0.1, -0.05) is 0 Å². The van der Waals surface area contributed by atoms with Crippen LogP contribution in [0, 0.1) is 0 Å². The van der Waals surface area contributed by atoms with Gasteiger partial charge in [0.25, 0.3) is 0 Å². The maximum absolute atomic E-state index is 12.2. The second-order valence-corrected chi connectivity index (χ2v) is 6.19. The molecule has 0 spiro atoms. The van der Waals surface area contributed by atoms with Crippen molar-refractivity contribution in [3.63, 3.8) is 0 Å². The van der Waals surface area contributed by atoms with Gasteiger partial charge in [0, 0.05) is 0 Å². The highest BCUT2D eigenvalue weighted by molar-refractivity contribution is 7.87. The lowest BCUT2D eigenvalue weighted by Gasteiger charge is -2.08. The molecule has 1 amide bonds. The molecule has 1 N–H and O–H groups in total. The number of amides is 1. The van der Waals surface area contributed by atoms with E-state index in [2.05, 4.69) is 15.3 Å². The fourth-order valence-electron chi connectivity index (χ4n) is 1.73. The molecule has 132 valence electrons. The predicted octanol–water partition coefficient (Wildman–Crippen LogP) is 2.15. The van der Waals surface area contributed by atoms with E-state index in [1.807, 2.05) is 0 Å². The minimum Gasteiger partial charge on any atom is -0.497 e. The second kappa shape index (κ2) is 8.15. The van der Waals surface area contributed by atoms with Crippen LogP contribution < -0.4 is 14.3 Å². The Kier molecular flexibility index (Phi) is 5.96. The third-order valence-electron chi connectivity index (χ3n) is 2.99. The summed E-state index contributed by atoms with van der Waals surface area (Å²) in [5.74, 6) is 0.692. The number of methoxy groups -OCH3 is 2. The third kappa shape index (κ3) is 5.21. The van der Waals surface area contributed by atoms with Crippen LogP contribution in [-0.4, -0.2) is 34.9 Å². The first kappa shape index (κ1) is 18.3. The largest absolute Gasteiger partial charge is 0.497 e. The number of hydrogen-bond donors (Lipinski definition) is 1. The highest BCUT2D eigenvalue weighted by Crippen LogP contribution is 2.21. The summed E-state index contributed by atoms with van der Waals surface area (Å²) in [7, 11) is -1.23. The van der Waals surface area contributed by atoms with Crippen LogP contribution in [0.1, 0.15) is 5.56 Å². The van der Waals surface area contributed by atoms with Crippen LogP contribution >= 0.6 is 0 Å². The number of carbonyl (C=O) groups is 1. The lowest BCUT2D eigenvalue weighted by molar-refractivity contribution is 0.171. The summed E-state index contributed by atoms with van der Waals surface area (Å²) < 4.78 is 38.9. The van der Waals surface area contributed by atoms with Crippen LogP contribution in [0.5, 0.6) is 11.5 Å². The molecule has 2 aromatic carbocycles. The van der Waals surface area contributed by atoms with E-state index in [1.54, 1.807) is 12.1 Å². The van der Waals surface area contributed by atoms with Crippen molar-refractivity contribution >= 4 is 22.4 Å². The van der Waals surface area contributed by atoms with Crippen molar-refractivity contribution in [2.24, 2.45) is 5.10 Å². The van der Waals surface area contributed by atoms with Gasteiger partial charge >= 0.3 is 16.2 Å². The minimum absolute atomic E-state index is 0.0150. The molecule has 0 bridgehead atoms. The van der Waals surface area contributed by atoms with Gasteiger partial charge in [-0.15, -0.1) is 0 Å².